The summed E-state index contributed by atoms with van der Waals surface area (Å²) in [7, 11) is 0. The van der Waals surface area contributed by atoms with E-state index in [0.29, 0.717) is 13.1 Å². The molecule has 1 heterocycles. The van der Waals surface area contributed by atoms with Crippen molar-refractivity contribution >= 4 is 29.1 Å². The molecule has 0 aliphatic carbocycles. The Labute approximate surface area is 120 Å². The number of aromatic carboxylic acids is 1. The highest BCUT2D eigenvalue weighted by Crippen LogP contribution is 2.09. The zero-order valence-corrected chi connectivity index (χ0v) is 12.4. The Morgan fingerprint density at radius 3 is 2.45 bits per heavy atom. The minimum absolute atomic E-state index is 0.00611. The van der Waals surface area contributed by atoms with Crippen LogP contribution in [0.15, 0.2) is 5.38 Å². The number of thiazole rings is 1. The molecule has 0 spiro atoms. The molecule has 0 aliphatic rings. The first-order valence-corrected chi connectivity index (χ1v) is 7.07. The van der Waals surface area contributed by atoms with E-state index in [4.69, 9.17) is 5.11 Å². The van der Waals surface area contributed by atoms with E-state index >= 15 is 0 Å². The van der Waals surface area contributed by atoms with Crippen LogP contribution in [0.25, 0.3) is 0 Å². The Morgan fingerprint density at radius 1 is 1.40 bits per heavy atom. The van der Waals surface area contributed by atoms with Gasteiger partial charge < -0.3 is 15.3 Å². The molecule has 0 fully saturated rings. The summed E-state index contributed by atoms with van der Waals surface area (Å²) in [5, 5.41) is 12.5. The number of carbonyl (C=O) groups excluding carboxylic acids is 2. The van der Waals surface area contributed by atoms with E-state index in [1.165, 1.54) is 5.38 Å². The number of carboxylic acids is 1. The lowest BCUT2D eigenvalue weighted by Gasteiger charge is -2.23. The van der Waals surface area contributed by atoms with Crippen LogP contribution in [0.5, 0.6) is 0 Å². The number of carbonyl (C=O) groups is 3. The molecule has 1 rings (SSSR count). The van der Waals surface area contributed by atoms with Gasteiger partial charge >= 0.3 is 5.97 Å². The van der Waals surface area contributed by atoms with Crippen molar-refractivity contribution in [3.8, 4) is 0 Å². The summed E-state index contributed by atoms with van der Waals surface area (Å²) in [5.41, 5.74) is 0.00611. The summed E-state index contributed by atoms with van der Waals surface area (Å²) < 4.78 is 0. The van der Waals surface area contributed by atoms with Gasteiger partial charge in [0.1, 0.15) is 11.7 Å². The van der Waals surface area contributed by atoms with E-state index in [1.807, 2.05) is 13.8 Å². The molecule has 0 radical (unpaired) electrons. The Morgan fingerprint density at radius 2 is 2.00 bits per heavy atom. The second kappa shape index (κ2) is 6.99. The van der Waals surface area contributed by atoms with Crippen molar-refractivity contribution in [2.45, 2.75) is 26.8 Å². The highest BCUT2D eigenvalue weighted by Gasteiger charge is 2.22. The van der Waals surface area contributed by atoms with Gasteiger partial charge in [0.05, 0.1) is 0 Å². The zero-order chi connectivity index (χ0) is 15.3. The van der Waals surface area contributed by atoms with Crippen molar-refractivity contribution in [1.29, 1.82) is 0 Å². The van der Waals surface area contributed by atoms with Crippen molar-refractivity contribution < 1.29 is 19.5 Å². The predicted octanol–water partition coefficient (Wildman–Crippen LogP) is 0.828. The molecule has 1 aromatic heterocycles. The van der Waals surface area contributed by atoms with Gasteiger partial charge in [-0.3, -0.25) is 9.59 Å². The minimum Gasteiger partial charge on any atom is -0.476 e. The lowest BCUT2D eigenvalue weighted by molar-refractivity contribution is -0.132. The van der Waals surface area contributed by atoms with Crippen molar-refractivity contribution in [3.05, 3.63) is 16.1 Å². The SMILES string of the molecule is CCN(CC)C(=O)C(C)NC(=O)c1csc(C(=O)O)n1. The fourth-order valence-corrected chi connectivity index (χ4v) is 2.25. The number of carboxylic acid groups (broad SMARTS) is 1. The van der Waals surface area contributed by atoms with E-state index in [1.54, 1.807) is 11.8 Å². The number of hydrogen-bond donors (Lipinski definition) is 2. The molecule has 1 atom stereocenters. The third kappa shape index (κ3) is 3.77. The fourth-order valence-electron chi connectivity index (χ4n) is 1.62. The highest BCUT2D eigenvalue weighted by molar-refractivity contribution is 7.11. The van der Waals surface area contributed by atoms with Crippen LogP contribution in [0.4, 0.5) is 0 Å². The van der Waals surface area contributed by atoms with E-state index < -0.39 is 17.9 Å². The van der Waals surface area contributed by atoms with Gasteiger partial charge in [0.25, 0.3) is 5.91 Å². The van der Waals surface area contributed by atoms with Crippen LogP contribution in [-0.2, 0) is 4.79 Å². The number of rotatable bonds is 6. The molecule has 8 heteroatoms. The number of nitrogens with one attached hydrogen (secondary N) is 1. The first-order chi connectivity index (χ1) is 9.40. The molecule has 2 N–H and O–H groups in total. The van der Waals surface area contributed by atoms with Gasteiger partial charge in [-0.25, -0.2) is 9.78 Å². The maximum Gasteiger partial charge on any atom is 0.365 e. The minimum atomic E-state index is -1.18. The van der Waals surface area contributed by atoms with Crippen LogP contribution < -0.4 is 5.32 Å². The van der Waals surface area contributed by atoms with E-state index in [-0.39, 0.29) is 16.6 Å². The van der Waals surface area contributed by atoms with Gasteiger partial charge in [-0.05, 0) is 20.8 Å². The Hall–Kier alpha value is -1.96. The van der Waals surface area contributed by atoms with Gasteiger partial charge in [-0.15, -0.1) is 11.3 Å². The molecule has 1 unspecified atom stereocenters. The Bertz CT molecular complexity index is 511. The van der Waals surface area contributed by atoms with E-state index in [2.05, 4.69) is 10.3 Å². The Kier molecular flexibility index (Phi) is 5.63. The van der Waals surface area contributed by atoms with E-state index in [0.717, 1.165) is 11.3 Å². The predicted molar refractivity (Wildman–Crippen MR) is 73.9 cm³/mol. The molecular weight excluding hydrogens is 282 g/mol. The van der Waals surface area contributed by atoms with E-state index in [9.17, 15) is 14.4 Å². The zero-order valence-electron chi connectivity index (χ0n) is 11.5. The first-order valence-electron chi connectivity index (χ1n) is 6.19. The molecular formula is C12H17N3O4S. The van der Waals surface area contributed by atoms with Crippen LogP contribution in [0.2, 0.25) is 0 Å². The monoisotopic (exact) mass is 299 g/mol. The quantitative estimate of drug-likeness (QED) is 0.810. The van der Waals surface area contributed by atoms with Gasteiger partial charge in [-0.1, -0.05) is 0 Å². The van der Waals surface area contributed by atoms with Crippen LogP contribution in [0.1, 0.15) is 41.1 Å². The molecule has 1 aromatic rings. The smallest absolute Gasteiger partial charge is 0.365 e. The van der Waals surface area contributed by atoms with Crippen molar-refractivity contribution in [2.24, 2.45) is 0 Å². The second-order valence-corrected chi connectivity index (χ2v) is 4.91. The molecule has 20 heavy (non-hydrogen) atoms. The lowest BCUT2D eigenvalue weighted by atomic mass is 10.2. The average molecular weight is 299 g/mol. The summed E-state index contributed by atoms with van der Waals surface area (Å²) in [5.74, 6) is -1.92. The van der Waals surface area contributed by atoms with Crippen molar-refractivity contribution in [1.82, 2.24) is 15.2 Å². The van der Waals surface area contributed by atoms with Crippen LogP contribution in [0.3, 0.4) is 0 Å². The lowest BCUT2D eigenvalue weighted by Crippen LogP contribution is -2.46. The number of nitrogens with zero attached hydrogens (tertiary/aromatic N) is 2. The summed E-state index contributed by atoms with van der Waals surface area (Å²) in [6.45, 7) is 6.43. The van der Waals surface area contributed by atoms with Gasteiger partial charge in [-0.2, -0.15) is 0 Å². The van der Waals surface area contributed by atoms with Crippen LogP contribution in [0, 0.1) is 0 Å². The largest absolute Gasteiger partial charge is 0.476 e. The third-order valence-corrected chi connectivity index (χ3v) is 3.54. The topological polar surface area (TPSA) is 99.6 Å². The molecule has 0 aromatic carbocycles. The van der Waals surface area contributed by atoms with Gasteiger partial charge in [0.15, 0.2) is 0 Å². The Balaban J connectivity index is 2.69. The molecule has 0 aliphatic heterocycles. The number of amides is 2. The second-order valence-electron chi connectivity index (χ2n) is 4.05. The normalized spacial score (nSPS) is 11.8. The van der Waals surface area contributed by atoms with Crippen molar-refractivity contribution in [2.75, 3.05) is 13.1 Å². The summed E-state index contributed by atoms with van der Waals surface area (Å²) in [4.78, 5) is 39.8. The number of aromatic nitrogens is 1. The third-order valence-electron chi connectivity index (χ3n) is 2.71. The maximum atomic E-state index is 12.0. The van der Waals surface area contributed by atoms with Crippen LogP contribution in [-0.4, -0.2) is 51.9 Å². The molecule has 110 valence electrons. The fraction of sp³-hybridized carbons (Fsp3) is 0.500. The van der Waals surface area contributed by atoms with Gasteiger partial charge in [0.2, 0.25) is 10.9 Å². The first kappa shape index (κ1) is 16.1. The highest BCUT2D eigenvalue weighted by atomic mass is 32.1. The molecule has 2 amide bonds. The molecule has 0 bridgehead atoms. The molecule has 0 saturated carbocycles. The summed E-state index contributed by atoms with van der Waals surface area (Å²) in [6.07, 6.45) is 0. The molecule has 0 saturated heterocycles. The summed E-state index contributed by atoms with van der Waals surface area (Å²) >= 11 is 0.870. The van der Waals surface area contributed by atoms with Gasteiger partial charge in [0, 0.05) is 18.5 Å². The van der Waals surface area contributed by atoms with Crippen LogP contribution >= 0.6 is 11.3 Å². The average Bonchev–Trinajstić information content (AvgIpc) is 2.89. The number of likely N-dealkylation sites (N-methyl/N-ethyl adjacent to an activating group) is 1. The molecule has 7 nitrogen and oxygen atoms in total. The maximum absolute atomic E-state index is 12.0. The standard InChI is InChI=1S/C12H17N3O4S/c1-4-15(5-2)11(17)7(3)13-9(16)8-6-20-10(14-8)12(18)19/h6-7H,4-5H2,1-3H3,(H,13,16)(H,18,19). The number of hydrogen-bond acceptors (Lipinski definition) is 5. The van der Waals surface area contributed by atoms with Crippen molar-refractivity contribution in [3.63, 3.8) is 0 Å². The summed E-state index contributed by atoms with van der Waals surface area (Å²) in [6, 6.07) is -0.683.